The molecule has 122 valence electrons. The molecule has 2 aromatic rings. The summed E-state index contributed by atoms with van der Waals surface area (Å²) in [6, 6.07) is 16.7. The van der Waals surface area contributed by atoms with Crippen molar-refractivity contribution in [2.24, 2.45) is 16.5 Å². The van der Waals surface area contributed by atoms with Crippen LogP contribution >= 0.6 is 0 Å². The molecule has 2 aromatic carbocycles. The van der Waals surface area contributed by atoms with Crippen LogP contribution in [0.3, 0.4) is 0 Å². The molecule has 0 unspecified atom stereocenters. The zero-order valence-corrected chi connectivity index (χ0v) is 14.0. The van der Waals surface area contributed by atoms with Crippen molar-refractivity contribution < 1.29 is 4.74 Å². The third-order valence-corrected chi connectivity index (χ3v) is 3.57. The Morgan fingerprint density at radius 1 is 1.00 bits per heavy atom. The van der Waals surface area contributed by atoms with Crippen molar-refractivity contribution in [1.82, 2.24) is 0 Å². The van der Waals surface area contributed by atoms with Gasteiger partial charge >= 0.3 is 0 Å². The lowest BCUT2D eigenvalue weighted by Crippen LogP contribution is -2.23. The number of guanidine groups is 1. The molecule has 0 amide bonds. The van der Waals surface area contributed by atoms with E-state index in [-0.39, 0.29) is 11.4 Å². The first kappa shape index (κ1) is 16.9. The summed E-state index contributed by atoms with van der Waals surface area (Å²) in [4.78, 5) is 3.90. The molecule has 0 aliphatic heterocycles. The second-order valence-corrected chi connectivity index (χ2v) is 6.51. The number of aliphatic imine (C=N–C) groups is 1. The van der Waals surface area contributed by atoms with Crippen LogP contribution in [0.15, 0.2) is 53.5 Å². The van der Waals surface area contributed by atoms with Gasteiger partial charge in [-0.25, -0.2) is 0 Å². The van der Waals surface area contributed by atoms with Gasteiger partial charge in [-0.2, -0.15) is 0 Å². The molecule has 0 saturated heterocycles. The van der Waals surface area contributed by atoms with Gasteiger partial charge in [0.2, 0.25) is 0 Å². The summed E-state index contributed by atoms with van der Waals surface area (Å²) in [6.07, 6.45) is 0. The fourth-order valence-electron chi connectivity index (χ4n) is 2.27. The van der Waals surface area contributed by atoms with E-state index < -0.39 is 0 Å². The topological polar surface area (TPSA) is 73.6 Å². The third-order valence-electron chi connectivity index (χ3n) is 3.57. The third kappa shape index (κ3) is 5.02. The largest absolute Gasteiger partial charge is 0.492 e. The van der Waals surface area contributed by atoms with Crippen LogP contribution in [0.2, 0.25) is 0 Å². The average Bonchev–Trinajstić information content (AvgIpc) is 2.51. The quantitative estimate of drug-likeness (QED) is 0.505. The molecule has 23 heavy (non-hydrogen) atoms. The fraction of sp³-hybridized carbons (Fsp3) is 0.316. The van der Waals surface area contributed by atoms with Crippen molar-refractivity contribution in [3.8, 4) is 16.9 Å². The summed E-state index contributed by atoms with van der Waals surface area (Å²) in [6.45, 7) is 7.55. The molecule has 0 heterocycles. The van der Waals surface area contributed by atoms with Crippen LogP contribution in [0, 0.1) is 0 Å². The van der Waals surface area contributed by atoms with Gasteiger partial charge in [-0.3, -0.25) is 4.99 Å². The van der Waals surface area contributed by atoms with E-state index in [0.717, 1.165) is 11.3 Å². The first-order valence-electron chi connectivity index (χ1n) is 7.75. The summed E-state index contributed by atoms with van der Waals surface area (Å²) in [5.74, 6) is 0.898. The molecular formula is C19H25N3O. The smallest absolute Gasteiger partial charge is 0.186 e. The Labute approximate surface area is 138 Å². The summed E-state index contributed by atoms with van der Waals surface area (Å²) < 4.78 is 5.68. The van der Waals surface area contributed by atoms with Crippen molar-refractivity contribution in [3.63, 3.8) is 0 Å². The van der Waals surface area contributed by atoms with Gasteiger partial charge in [-0.05, 0) is 34.2 Å². The highest BCUT2D eigenvalue weighted by Gasteiger charge is 2.13. The Bertz CT molecular complexity index is 666. The maximum absolute atomic E-state index is 5.68. The molecular weight excluding hydrogens is 286 g/mol. The van der Waals surface area contributed by atoms with Crippen LogP contribution in [0.1, 0.15) is 26.3 Å². The second kappa shape index (κ2) is 7.18. The monoisotopic (exact) mass is 311 g/mol. The lowest BCUT2D eigenvalue weighted by molar-refractivity contribution is 0.329. The van der Waals surface area contributed by atoms with E-state index in [0.29, 0.717) is 13.2 Å². The Kier molecular flexibility index (Phi) is 5.27. The maximum Gasteiger partial charge on any atom is 0.186 e. The number of nitrogens with zero attached hydrogens (tertiary/aromatic N) is 1. The van der Waals surface area contributed by atoms with E-state index in [1.807, 2.05) is 18.2 Å². The van der Waals surface area contributed by atoms with E-state index in [9.17, 15) is 0 Å². The van der Waals surface area contributed by atoms with Crippen LogP contribution in [-0.4, -0.2) is 19.1 Å². The SMILES string of the molecule is CC(C)(C)c1ccc(-c2cccc(OCCN=C(N)N)c2)cc1. The standard InChI is InChI=1S/C19H25N3O/c1-19(2,3)16-9-7-14(8-10-16)15-5-4-6-17(13-15)23-12-11-22-18(20)21/h4-10,13H,11-12H2,1-3H3,(H4,20,21,22). The Hall–Kier alpha value is -2.49. The molecule has 0 fully saturated rings. The summed E-state index contributed by atoms with van der Waals surface area (Å²) in [5, 5.41) is 0. The van der Waals surface area contributed by atoms with Crippen molar-refractivity contribution in [3.05, 3.63) is 54.1 Å². The predicted molar refractivity (Wildman–Crippen MR) is 96.7 cm³/mol. The van der Waals surface area contributed by atoms with Gasteiger partial charge in [-0.15, -0.1) is 0 Å². The Morgan fingerprint density at radius 3 is 2.30 bits per heavy atom. The molecule has 0 radical (unpaired) electrons. The Balaban J connectivity index is 2.08. The number of nitrogens with two attached hydrogens (primary N) is 2. The zero-order chi connectivity index (χ0) is 16.9. The summed E-state index contributed by atoms with van der Waals surface area (Å²) in [5.41, 5.74) is 14.4. The molecule has 4 N–H and O–H groups in total. The molecule has 0 bridgehead atoms. The zero-order valence-electron chi connectivity index (χ0n) is 14.0. The maximum atomic E-state index is 5.68. The minimum atomic E-state index is 0.0845. The average molecular weight is 311 g/mol. The predicted octanol–water partition coefficient (Wildman–Crippen LogP) is 3.30. The first-order chi connectivity index (χ1) is 10.9. The van der Waals surface area contributed by atoms with Gasteiger partial charge in [0.15, 0.2) is 5.96 Å². The highest BCUT2D eigenvalue weighted by Crippen LogP contribution is 2.27. The van der Waals surface area contributed by atoms with Gasteiger partial charge in [0, 0.05) is 0 Å². The van der Waals surface area contributed by atoms with Crippen molar-refractivity contribution in [2.75, 3.05) is 13.2 Å². The van der Waals surface area contributed by atoms with Gasteiger partial charge in [-0.1, -0.05) is 57.2 Å². The summed E-state index contributed by atoms with van der Waals surface area (Å²) in [7, 11) is 0. The van der Waals surface area contributed by atoms with Crippen LogP contribution in [0.4, 0.5) is 0 Å². The van der Waals surface area contributed by atoms with E-state index in [1.54, 1.807) is 0 Å². The van der Waals surface area contributed by atoms with E-state index in [1.165, 1.54) is 11.1 Å². The van der Waals surface area contributed by atoms with Gasteiger partial charge in [0.1, 0.15) is 12.4 Å². The molecule has 0 atom stereocenters. The fourth-order valence-corrected chi connectivity index (χ4v) is 2.27. The molecule has 0 saturated carbocycles. The van der Waals surface area contributed by atoms with E-state index in [4.69, 9.17) is 16.2 Å². The van der Waals surface area contributed by atoms with Gasteiger partial charge in [0.25, 0.3) is 0 Å². The number of hydrogen-bond donors (Lipinski definition) is 2. The highest BCUT2D eigenvalue weighted by atomic mass is 16.5. The number of rotatable bonds is 5. The van der Waals surface area contributed by atoms with Crippen molar-refractivity contribution in [2.45, 2.75) is 26.2 Å². The highest BCUT2D eigenvalue weighted by molar-refractivity contribution is 5.75. The van der Waals surface area contributed by atoms with Crippen LogP contribution in [0.5, 0.6) is 5.75 Å². The second-order valence-electron chi connectivity index (χ2n) is 6.51. The van der Waals surface area contributed by atoms with E-state index in [2.05, 4.69) is 56.1 Å². The number of ether oxygens (including phenoxy) is 1. The molecule has 0 aromatic heterocycles. The normalized spacial score (nSPS) is 11.1. The first-order valence-corrected chi connectivity index (χ1v) is 7.75. The molecule has 4 nitrogen and oxygen atoms in total. The Morgan fingerprint density at radius 2 is 1.70 bits per heavy atom. The van der Waals surface area contributed by atoms with Crippen molar-refractivity contribution >= 4 is 5.96 Å². The number of hydrogen-bond acceptors (Lipinski definition) is 2. The molecule has 2 rings (SSSR count). The lowest BCUT2D eigenvalue weighted by Gasteiger charge is -2.19. The van der Waals surface area contributed by atoms with Crippen LogP contribution in [0.25, 0.3) is 11.1 Å². The van der Waals surface area contributed by atoms with Crippen LogP contribution < -0.4 is 16.2 Å². The lowest BCUT2D eigenvalue weighted by atomic mass is 9.86. The minimum absolute atomic E-state index is 0.0845. The van der Waals surface area contributed by atoms with Crippen LogP contribution in [-0.2, 0) is 5.41 Å². The summed E-state index contributed by atoms with van der Waals surface area (Å²) >= 11 is 0. The molecule has 0 aliphatic rings. The minimum Gasteiger partial charge on any atom is -0.492 e. The molecule has 0 aliphatic carbocycles. The molecule has 4 heteroatoms. The van der Waals surface area contributed by atoms with Gasteiger partial charge in [0.05, 0.1) is 6.54 Å². The van der Waals surface area contributed by atoms with Gasteiger partial charge < -0.3 is 16.2 Å². The number of benzene rings is 2. The van der Waals surface area contributed by atoms with Crippen molar-refractivity contribution in [1.29, 1.82) is 0 Å². The van der Waals surface area contributed by atoms with E-state index >= 15 is 0 Å². The molecule has 0 spiro atoms.